The number of quaternary nitrogens is 1. The first-order valence-electron chi connectivity index (χ1n) is 22.6. The summed E-state index contributed by atoms with van der Waals surface area (Å²) in [4.78, 5) is 35.3. The molecule has 10 nitrogen and oxygen atoms in total. The maximum atomic E-state index is 12.7. The fourth-order valence-electron chi connectivity index (χ4n) is 5.24. The normalized spacial score (nSPS) is 15.1. The van der Waals surface area contributed by atoms with Crippen molar-refractivity contribution < 1.29 is 47.2 Å². The van der Waals surface area contributed by atoms with Gasteiger partial charge in [0.2, 0.25) is 0 Å². The molecule has 0 spiro atoms. The summed E-state index contributed by atoms with van der Waals surface area (Å²) >= 11 is 0. The van der Waals surface area contributed by atoms with Crippen LogP contribution < -0.4 is 0 Å². The zero-order valence-electron chi connectivity index (χ0n) is 38.5. The summed E-state index contributed by atoms with van der Waals surface area (Å²) in [5.41, 5.74) is 0. The van der Waals surface area contributed by atoms with E-state index in [-0.39, 0.29) is 32.2 Å². The van der Waals surface area contributed by atoms with Gasteiger partial charge < -0.3 is 24.0 Å². The van der Waals surface area contributed by atoms with Gasteiger partial charge in [-0.05, 0) is 103 Å². The van der Waals surface area contributed by atoms with Crippen LogP contribution in [0.4, 0.5) is 0 Å². The highest BCUT2D eigenvalue weighted by molar-refractivity contribution is 7.47. The van der Waals surface area contributed by atoms with E-state index in [2.05, 4.69) is 98.1 Å². The summed E-state index contributed by atoms with van der Waals surface area (Å²) in [7, 11) is 1.36. The van der Waals surface area contributed by atoms with Crippen LogP contribution in [0.5, 0.6) is 0 Å². The molecule has 0 amide bonds. The highest BCUT2D eigenvalue weighted by atomic mass is 31.2. The van der Waals surface area contributed by atoms with E-state index in [0.29, 0.717) is 30.3 Å². The molecule has 1 unspecified atom stereocenters. The first kappa shape index (κ1) is 57.6. The lowest BCUT2D eigenvalue weighted by atomic mass is 10.1. The molecule has 0 radical (unpaired) electrons. The highest BCUT2D eigenvalue weighted by Crippen LogP contribution is 2.43. The molecule has 0 aromatic carbocycles. The molecule has 0 aliphatic rings. The van der Waals surface area contributed by atoms with Gasteiger partial charge in [-0.25, -0.2) is 4.57 Å². The van der Waals surface area contributed by atoms with Gasteiger partial charge in [0.05, 0.1) is 33.9 Å². The first-order valence-corrected chi connectivity index (χ1v) is 24.1. The summed E-state index contributed by atoms with van der Waals surface area (Å²) in [5, 5.41) is 9.28. The molecule has 0 rings (SSSR count). The molecule has 0 saturated carbocycles. The number of unbranched alkanes of at least 4 members (excludes halogenated alkanes) is 5. The van der Waals surface area contributed by atoms with Crippen molar-refractivity contribution in [3.8, 4) is 0 Å². The van der Waals surface area contributed by atoms with E-state index in [0.717, 1.165) is 64.2 Å². The van der Waals surface area contributed by atoms with Crippen LogP contribution in [0.25, 0.3) is 0 Å². The molecule has 61 heavy (non-hydrogen) atoms. The molecule has 0 aliphatic heterocycles. The lowest BCUT2D eigenvalue weighted by molar-refractivity contribution is -0.870. The minimum atomic E-state index is -4.42. The average Bonchev–Trinajstić information content (AvgIpc) is 3.20. The zero-order valence-corrected chi connectivity index (χ0v) is 39.4. The number of carbonyl (C=O) groups excluding carboxylic acids is 2. The Labute approximate surface area is 370 Å². The Kier molecular flexibility index (Phi) is 38.4. The monoisotopic (exact) mass is 873 g/mol. The zero-order chi connectivity index (χ0) is 45.1. The van der Waals surface area contributed by atoms with Crippen LogP contribution in [-0.4, -0.2) is 86.1 Å². The van der Waals surface area contributed by atoms with Crippen molar-refractivity contribution in [3.63, 3.8) is 0 Å². The van der Waals surface area contributed by atoms with E-state index in [9.17, 15) is 24.2 Å². The summed E-state index contributed by atoms with van der Waals surface area (Å²) in [6.45, 7) is 3.75. The Balaban J connectivity index is 4.59. The molecule has 0 aromatic heterocycles. The van der Waals surface area contributed by atoms with Gasteiger partial charge >= 0.3 is 19.8 Å². The highest BCUT2D eigenvalue weighted by Gasteiger charge is 2.27. The van der Waals surface area contributed by atoms with Crippen LogP contribution in [0.15, 0.2) is 109 Å². The van der Waals surface area contributed by atoms with Crippen molar-refractivity contribution in [3.05, 3.63) is 109 Å². The molecular formula is C50H83NO9P+. The number of phosphoric acid groups is 1. The Hall–Kier alpha value is -3.37. The van der Waals surface area contributed by atoms with Crippen LogP contribution in [0.1, 0.15) is 136 Å². The molecular weight excluding hydrogens is 790 g/mol. The fraction of sp³-hybridized carbons (Fsp3) is 0.600. The van der Waals surface area contributed by atoms with Gasteiger partial charge in [-0.1, -0.05) is 129 Å². The number of carbonyl (C=O) groups is 2. The summed E-state index contributed by atoms with van der Waals surface area (Å²) in [6.07, 6.45) is 52.9. The fourth-order valence-corrected chi connectivity index (χ4v) is 5.98. The SMILES string of the molecule is CCCCC/C=C\C/C=C\C/C=C\C/C=C\C/C=C\CCC(=O)OC[C@H](COP(=O)(O)OCC[N+](C)(C)C)OC(=O)CCC/C=C\C/C=C\C/C=C\C/C=C\CCC[C@H](C)O. The van der Waals surface area contributed by atoms with E-state index in [1.165, 1.54) is 25.7 Å². The molecule has 3 atom stereocenters. The number of rotatable bonds is 39. The number of allylic oxidation sites excluding steroid dienone is 18. The number of nitrogens with zero attached hydrogens (tertiary/aromatic N) is 1. The van der Waals surface area contributed by atoms with Crippen molar-refractivity contribution >= 4 is 19.8 Å². The molecule has 2 N–H and O–H groups in total. The molecule has 0 saturated heterocycles. The Morgan fingerprint density at radius 3 is 1.48 bits per heavy atom. The number of likely N-dealkylation sites (N-methyl/N-ethyl adjacent to an activating group) is 1. The second-order valence-corrected chi connectivity index (χ2v) is 17.5. The van der Waals surface area contributed by atoms with Gasteiger partial charge in [-0.3, -0.25) is 18.6 Å². The van der Waals surface area contributed by atoms with Crippen molar-refractivity contribution in [1.82, 2.24) is 0 Å². The molecule has 346 valence electrons. The van der Waals surface area contributed by atoms with Crippen LogP contribution in [0.3, 0.4) is 0 Å². The standard InChI is InChI=1S/C50H82NO9P/c1-6-7-8-9-10-11-12-13-14-15-16-17-20-23-26-29-32-35-38-41-49(53)57-45-48(46-59-61(55,56)58-44-43-51(3,4)5)60-50(54)42-39-36-33-30-27-24-21-18-19-22-25-28-31-34-37-40-47(2)52/h10-11,13-14,16-17,19,21-24,26,28,30-33,35,47-48,52H,6-9,12,15,18,20,25,27,29,34,36-46H2,1-5H3/p+1/b11-10-,14-13-,17-16-,22-19-,24-21-,26-23-,31-28-,33-30-,35-32-/t47-,48+/m0/s1. The number of hydrogen-bond acceptors (Lipinski definition) is 8. The van der Waals surface area contributed by atoms with E-state index >= 15 is 0 Å². The van der Waals surface area contributed by atoms with Gasteiger partial charge in [0, 0.05) is 12.8 Å². The van der Waals surface area contributed by atoms with Crippen molar-refractivity contribution in [2.24, 2.45) is 0 Å². The number of phosphoric ester groups is 1. The summed E-state index contributed by atoms with van der Waals surface area (Å²) in [5.74, 6) is -0.990. The van der Waals surface area contributed by atoms with E-state index < -0.39 is 32.5 Å². The largest absolute Gasteiger partial charge is 0.472 e. The van der Waals surface area contributed by atoms with Crippen LogP contribution in [0.2, 0.25) is 0 Å². The maximum absolute atomic E-state index is 12.7. The number of ether oxygens (including phenoxy) is 2. The van der Waals surface area contributed by atoms with Gasteiger partial charge in [0.25, 0.3) is 0 Å². The molecule has 11 heteroatoms. The number of esters is 2. The van der Waals surface area contributed by atoms with Gasteiger partial charge in [-0.2, -0.15) is 0 Å². The lowest BCUT2D eigenvalue weighted by Crippen LogP contribution is -2.37. The van der Waals surface area contributed by atoms with Gasteiger partial charge in [-0.15, -0.1) is 0 Å². The topological polar surface area (TPSA) is 129 Å². The quantitative estimate of drug-likeness (QED) is 0.0204. The smallest absolute Gasteiger partial charge is 0.462 e. The van der Waals surface area contributed by atoms with Crippen molar-refractivity contribution in [1.29, 1.82) is 0 Å². The second kappa shape index (κ2) is 40.7. The van der Waals surface area contributed by atoms with E-state index in [1.54, 1.807) is 0 Å². The summed E-state index contributed by atoms with van der Waals surface area (Å²) < 4.78 is 34.1. The van der Waals surface area contributed by atoms with Gasteiger partial charge in [0.15, 0.2) is 6.10 Å². The minimum Gasteiger partial charge on any atom is -0.462 e. The Bertz CT molecular complexity index is 1420. The second-order valence-electron chi connectivity index (χ2n) is 16.0. The molecule has 0 fully saturated rings. The Morgan fingerprint density at radius 1 is 0.574 bits per heavy atom. The number of aliphatic hydroxyl groups is 1. The predicted molar refractivity (Wildman–Crippen MR) is 253 cm³/mol. The minimum absolute atomic E-state index is 0.00183. The number of hydrogen-bond donors (Lipinski definition) is 2. The van der Waals surface area contributed by atoms with Gasteiger partial charge in [0.1, 0.15) is 19.8 Å². The van der Waals surface area contributed by atoms with Crippen LogP contribution in [-0.2, 0) is 32.7 Å². The average molecular weight is 873 g/mol. The summed E-state index contributed by atoms with van der Waals surface area (Å²) in [6, 6.07) is 0. The third kappa shape index (κ3) is 46.0. The van der Waals surface area contributed by atoms with Crippen LogP contribution in [0, 0.1) is 0 Å². The molecule has 0 aromatic rings. The van der Waals surface area contributed by atoms with Crippen LogP contribution >= 0.6 is 7.82 Å². The Morgan fingerprint density at radius 2 is 1.02 bits per heavy atom. The van der Waals surface area contributed by atoms with E-state index in [1.807, 2.05) is 46.3 Å². The molecule has 0 bridgehead atoms. The third-order valence-electron chi connectivity index (χ3n) is 8.81. The van der Waals surface area contributed by atoms with Crippen molar-refractivity contribution in [2.75, 3.05) is 47.5 Å². The van der Waals surface area contributed by atoms with Crippen molar-refractivity contribution in [2.45, 2.75) is 148 Å². The predicted octanol–water partition coefficient (Wildman–Crippen LogP) is 12.1. The number of aliphatic hydroxyl groups excluding tert-OH is 1. The first-order chi connectivity index (χ1) is 29.3. The van der Waals surface area contributed by atoms with E-state index in [4.69, 9.17) is 18.5 Å². The molecule has 0 heterocycles. The molecule has 0 aliphatic carbocycles. The third-order valence-corrected chi connectivity index (χ3v) is 9.79. The maximum Gasteiger partial charge on any atom is 0.472 e. The lowest BCUT2D eigenvalue weighted by Gasteiger charge is -2.24.